The Morgan fingerprint density at radius 1 is 1.35 bits per heavy atom. The Balaban J connectivity index is 2.19. The van der Waals surface area contributed by atoms with Crippen LogP contribution in [-0.2, 0) is 26.3 Å². The molecule has 0 atom stereocenters. The van der Waals surface area contributed by atoms with Crippen molar-refractivity contribution in [2.75, 3.05) is 32.8 Å². The van der Waals surface area contributed by atoms with Crippen LogP contribution in [-0.4, -0.2) is 61.0 Å². The lowest BCUT2D eigenvalue weighted by molar-refractivity contribution is -0.137. The molecule has 23 heavy (non-hydrogen) atoms. The van der Waals surface area contributed by atoms with Crippen molar-refractivity contribution in [1.29, 1.82) is 0 Å². The van der Waals surface area contributed by atoms with Crippen LogP contribution < -0.4 is 0 Å². The normalized spacial score (nSPS) is 16.6. The molecule has 0 aliphatic carbocycles. The van der Waals surface area contributed by atoms with Crippen LogP contribution in [0, 0.1) is 6.92 Å². The molecule has 0 bridgehead atoms. The van der Waals surface area contributed by atoms with E-state index in [4.69, 9.17) is 9.84 Å². The molecular formula is C15H22N2O5S. The quantitative estimate of drug-likeness (QED) is 0.794. The minimum Gasteiger partial charge on any atom is -0.481 e. The summed E-state index contributed by atoms with van der Waals surface area (Å²) < 4.78 is 33.4. The lowest BCUT2D eigenvalue weighted by Gasteiger charge is -2.32. The third kappa shape index (κ3) is 5.00. The summed E-state index contributed by atoms with van der Waals surface area (Å²) in [7, 11) is -3.71. The van der Waals surface area contributed by atoms with E-state index in [0.717, 1.165) is 11.1 Å². The van der Waals surface area contributed by atoms with Crippen LogP contribution in [0.25, 0.3) is 0 Å². The molecule has 1 aliphatic heterocycles. The molecule has 0 saturated carbocycles. The molecule has 8 heteroatoms. The molecule has 0 radical (unpaired) electrons. The summed E-state index contributed by atoms with van der Waals surface area (Å²) in [6, 6.07) is 7.54. The highest BCUT2D eigenvalue weighted by atomic mass is 32.2. The van der Waals surface area contributed by atoms with Gasteiger partial charge in [0.2, 0.25) is 0 Å². The Hall–Kier alpha value is -1.48. The third-order valence-corrected chi connectivity index (χ3v) is 5.62. The topological polar surface area (TPSA) is 87.2 Å². The van der Waals surface area contributed by atoms with Crippen LogP contribution in [0.1, 0.15) is 17.5 Å². The Morgan fingerprint density at radius 3 is 2.65 bits per heavy atom. The van der Waals surface area contributed by atoms with E-state index in [1.54, 1.807) is 0 Å². The highest BCUT2D eigenvalue weighted by Gasteiger charge is 2.31. The molecule has 1 saturated heterocycles. The molecule has 1 aromatic rings. The van der Waals surface area contributed by atoms with Crippen molar-refractivity contribution in [3.05, 3.63) is 35.4 Å². The van der Waals surface area contributed by atoms with Gasteiger partial charge in [-0.15, -0.1) is 0 Å². The molecule has 128 valence electrons. The molecule has 7 nitrogen and oxygen atoms in total. The highest BCUT2D eigenvalue weighted by Crippen LogP contribution is 2.16. The van der Waals surface area contributed by atoms with E-state index < -0.39 is 16.2 Å². The van der Waals surface area contributed by atoms with E-state index in [2.05, 4.69) is 0 Å². The third-order valence-electron chi connectivity index (χ3n) is 3.64. The number of ether oxygens (including phenoxy) is 1. The first-order chi connectivity index (χ1) is 10.9. The van der Waals surface area contributed by atoms with Crippen LogP contribution in [0.15, 0.2) is 24.3 Å². The average molecular weight is 342 g/mol. The van der Waals surface area contributed by atoms with Gasteiger partial charge in [0.1, 0.15) is 0 Å². The predicted octanol–water partition coefficient (Wildman–Crippen LogP) is 0.849. The Kier molecular flexibility index (Phi) is 6.11. The SMILES string of the molecule is Cc1cccc(CN(CCC(=O)O)S(=O)(=O)N2CCOCC2)c1. The van der Waals surface area contributed by atoms with Gasteiger partial charge >= 0.3 is 5.97 Å². The fourth-order valence-electron chi connectivity index (χ4n) is 2.45. The minimum atomic E-state index is -3.71. The summed E-state index contributed by atoms with van der Waals surface area (Å²) in [6.45, 7) is 3.34. The Labute approximate surface area is 136 Å². The van der Waals surface area contributed by atoms with Crippen molar-refractivity contribution in [2.24, 2.45) is 0 Å². The summed E-state index contributed by atoms with van der Waals surface area (Å²) in [6.07, 6.45) is -0.227. The summed E-state index contributed by atoms with van der Waals surface area (Å²) in [5.41, 5.74) is 1.87. The second-order valence-corrected chi connectivity index (χ2v) is 7.41. The van der Waals surface area contributed by atoms with Gasteiger partial charge in [-0.25, -0.2) is 0 Å². The maximum absolute atomic E-state index is 12.8. The average Bonchev–Trinajstić information content (AvgIpc) is 2.52. The fourth-order valence-corrected chi connectivity index (χ4v) is 4.02. The fraction of sp³-hybridized carbons (Fsp3) is 0.533. The maximum atomic E-state index is 12.8. The first kappa shape index (κ1) is 17.9. The molecular weight excluding hydrogens is 320 g/mol. The standard InChI is InChI=1S/C15H22N2O5S/c1-13-3-2-4-14(11-13)12-17(6-5-15(18)19)23(20,21)16-7-9-22-10-8-16/h2-4,11H,5-10,12H2,1H3,(H,18,19). The van der Waals surface area contributed by atoms with Gasteiger partial charge in [0, 0.05) is 26.2 Å². The van der Waals surface area contributed by atoms with Crippen LogP contribution in [0.2, 0.25) is 0 Å². The molecule has 1 N–H and O–H groups in total. The van der Waals surface area contributed by atoms with Crippen LogP contribution in [0.4, 0.5) is 0 Å². The monoisotopic (exact) mass is 342 g/mol. The number of rotatable bonds is 7. The summed E-state index contributed by atoms with van der Waals surface area (Å²) >= 11 is 0. The van der Waals surface area contributed by atoms with Crippen LogP contribution in [0.3, 0.4) is 0 Å². The van der Waals surface area contributed by atoms with Gasteiger partial charge in [-0.3, -0.25) is 4.79 Å². The number of aliphatic carboxylic acids is 1. The molecule has 0 aromatic heterocycles. The number of hydrogen-bond acceptors (Lipinski definition) is 4. The van der Waals surface area contributed by atoms with E-state index in [0.29, 0.717) is 26.3 Å². The van der Waals surface area contributed by atoms with Crippen LogP contribution >= 0.6 is 0 Å². The number of carboxylic acid groups (broad SMARTS) is 1. The first-order valence-corrected chi connectivity index (χ1v) is 8.89. The highest BCUT2D eigenvalue weighted by molar-refractivity contribution is 7.86. The molecule has 0 spiro atoms. The van der Waals surface area contributed by atoms with Crippen molar-refractivity contribution in [1.82, 2.24) is 8.61 Å². The van der Waals surface area contributed by atoms with Gasteiger partial charge in [0.25, 0.3) is 10.2 Å². The van der Waals surface area contributed by atoms with Crippen molar-refractivity contribution in [3.8, 4) is 0 Å². The number of carboxylic acids is 1. The van der Waals surface area contributed by atoms with Crippen molar-refractivity contribution < 1.29 is 23.1 Å². The number of nitrogens with zero attached hydrogens (tertiary/aromatic N) is 2. The number of benzene rings is 1. The van der Waals surface area contributed by atoms with Gasteiger partial charge in [0.05, 0.1) is 19.6 Å². The predicted molar refractivity (Wildman–Crippen MR) is 85.2 cm³/mol. The van der Waals surface area contributed by atoms with Gasteiger partial charge in [-0.05, 0) is 12.5 Å². The minimum absolute atomic E-state index is 0.0526. The summed E-state index contributed by atoms with van der Waals surface area (Å²) in [4.78, 5) is 10.9. The van der Waals surface area contributed by atoms with E-state index in [1.165, 1.54) is 8.61 Å². The zero-order chi connectivity index (χ0) is 16.9. The molecule has 1 aliphatic rings. The first-order valence-electron chi connectivity index (χ1n) is 7.50. The van der Waals surface area contributed by atoms with E-state index in [9.17, 15) is 13.2 Å². The van der Waals surface area contributed by atoms with E-state index >= 15 is 0 Å². The van der Waals surface area contributed by atoms with Gasteiger partial charge in [-0.1, -0.05) is 29.8 Å². The van der Waals surface area contributed by atoms with Gasteiger partial charge < -0.3 is 9.84 Å². The molecule has 1 heterocycles. The summed E-state index contributed by atoms with van der Waals surface area (Å²) in [5, 5.41) is 8.89. The molecule has 0 amide bonds. The van der Waals surface area contributed by atoms with Crippen LogP contribution in [0.5, 0.6) is 0 Å². The second kappa shape index (κ2) is 7.87. The second-order valence-electron chi connectivity index (χ2n) is 5.49. The number of aryl methyl sites for hydroxylation is 1. The molecule has 0 unspecified atom stereocenters. The zero-order valence-electron chi connectivity index (χ0n) is 13.1. The summed E-state index contributed by atoms with van der Waals surface area (Å²) in [5.74, 6) is -1.02. The number of morpholine rings is 1. The molecule has 2 rings (SSSR count). The zero-order valence-corrected chi connectivity index (χ0v) is 14.0. The molecule has 1 fully saturated rings. The van der Waals surface area contributed by atoms with Gasteiger partial charge in [-0.2, -0.15) is 17.0 Å². The van der Waals surface area contributed by atoms with Crippen molar-refractivity contribution >= 4 is 16.2 Å². The van der Waals surface area contributed by atoms with E-state index in [-0.39, 0.29) is 19.5 Å². The lowest BCUT2D eigenvalue weighted by Crippen LogP contribution is -2.48. The Morgan fingerprint density at radius 2 is 2.04 bits per heavy atom. The number of carbonyl (C=O) groups is 1. The van der Waals surface area contributed by atoms with E-state index in [1.807, 2.05) is 31.2 Å². The lowest BCUT2D eigenvalue weighted by atomic mass is 10.1. The van der Waals surface area contributed by atoms with Crippen molar-refractivity contribution in [3.63, 3.8) is 0 Å². The molecule has 1 aromatic carbocycles. The largest absolute Gasteiger partial charge is 0.481 e. The van der Waals surface area contributed by atoms with Crippen molar-refractivity contribution in [2.45, 2.75) is 19.9 Å². The van der Waals surface area contributed by atoms with Gasteiger partial charge in [0.15, 0.2) is 0 Å². The number of hydrogen-bond donors (Lipinski definition) is 1. The smallest absolute Gasteiger partial charge is 0.304 e. The Bertz CT molecular complexity index is 641. The maximum Gasteiger partial charge on any atom is 0.304 e.